The van der Waals surface area contributed by atoms with Crippen LogP contribution in [0.2, 0.25) is 0 Å². The summed E-state index contributed by atoms with van der Waals surface area (Å²) in [7, 11) is 2.51. The smallest absolute Gasteiger partial charge is 0.292 e. The Bertz CT molecular complexity index is 798. The number of hydrogen-bond donors (Lipinski definition) is 2. The SMILES string of the molecule is COc1c(C(C)(F)F)nn(C)c1C(=O)Nc1ccnc(C(N)=O)c1. The molecule has 0 aromatic carbocycles. The number of carbonyl (C=O) groups excluding carboxylic acids is 2. The average molecular weight is 339 g/mol. The fraction of sp³-hybridized carbons (Fsp3) is 0.286. The predicted octanol–water partition coefficient (Wildman–Crippen LogP) is 1.29. The summed E-state index contributed by atoms with van der Waals surface area (Å²) in [6.07, 6.45) is 1.28. The molecule has 0 saturated heterocycles. The van der Waals surface area contributed by atoms with Gasteiger partial charge in [-0.3, -0.25) is 19.3 Å². The van der Waals surface area contributed by atoms with E-state index < -0.39 is 23.4 Å². The number of anilines is 1. The van der Waals surface area contributed by atoms with Crippen molar-refractivity contribution in [3.63, 3.8) is 0 Å². The van der Waals surface area contributed by atoms with E-state index in [1.165, 1.54) is 32.5 Å². The Morgan fingerprint density at radius 3 is 2.62 bits per heavy atom. The molecular weight excluding hydrogens is 324 g/mol. The molecule has 24 heavy (non-hydrogen) atoms. The monoisotopic (exact) mass is 339 g/mol. The molecule has 3 N–H and O–H groups in total. The number of pyridine rings is 1. The number of halogens is 2. The van der Waals surface area contributed by atoms with E-state index in [2.05, 4.69) is 15.4 Å². The Labute approximate surface area is 135 Å². The molecule has 0 spiro atoms. The van der Waals surface area contributed by atoms with Gasteiger partial charge in [0.25, 0.3) is 17.7 Å². The fourth-order valence-corrected chi connectivity index (χ4v) is 2.07. The number of nitrogens with one attached hydrogen (secondary N) is 1. The number of alkyl halides is 2. The maximum absolute atomic E-state index is 13.6. The highest BCUT2D eigenvalue weighted by Gasteiger charge is 2.36. The van der Waals surface area contributed by atoms with E-state index in [-0.39, 0.29) is 22.8 Å². The van der Waals surface area contributed by atoms with E-state index in [0.29, 0.717) is 6.92 Å². The molecule has 128 valence electrons. The minimum Gasteiger partial charge on any atom is -0.492 e. The van der Waals surface area contributed by atoms with E-state index in [9.17, 15) is 18.4 Å². The van der Waals surface area contributed by atoms with Gasteiger partial charge < -0.3 is 15.8 Å². The van der Waals surface area contributed by atoms with Gasteiger partial charge in [-0.05, 0) is 12.1 Å². The van der Waals surface area contributed by atoms with Gasteiger partial charge in [0.1, 0.15) is 5.69 Å². The number of nitrogens with two attached hydrogens (primary N) is 1. The van der Waals surface area contributed by atoms with Gasteiger partial charge in [0, 0.05) is 25.9 Å². The highest BCUT2D eigenvalue weighted by Crippen LogP contribution is 2.35. The Kier molecular flexibility index (Phi) is 4.49. The summed E-state index contributed by atoms with van der Waals surface area (Å²) >= 11 is 0. The number of hydrogen-bond acceptors (Lipinski definition) is 5. The molecule has 2 aromatic heterocycles. The summed E-state index contributed by atoms with van der Waals surface area (Å²) in [6, 6.07) is 2.68. The third kappa shape index (κ3) is 3.31. The van der Waals surface area contributed by atoms with Crippen molar-refractivity contribution in [3.05, 3.63) is 35.4 Å². The van der Waals surface area contributed by atoms with Gasteiger partial charge in [0.2, 0.25) is 0 Å². The Morgan fingerprint density at radius 1 is 1.42 bits per heavy atom. The minimum absolute atomic E-state index is 0.0504. The summed E-state index contributed by atoms with van der Waals surface area (Å²) in [6.45, 7) is 0.654. The minimum atomic E-state index is -3.28. The van der Waals surface area contributed by atoms with Gasteiger partial charge in [-0.15, -0.1) is 0 Å². The van der Waals surface area contributed by atoms with Crippen molar-refractivity contribution in [2.75, 3.05) is 12.4 Å². The highest BCUT2D eigenvalue weighted by atomic mass is 19.3. The van der Waals surface area contributed by atoms with Crippen molar-refractivity contribution in [1.29, 1.82) is 0 Å². The van der Waals surface area contributed by atoms with Crippen LogP contribution in [-0.4, -0.2) is 33.7 Å². The first kappa shape index (κ1) is 17.3. The zero-order chi connectivity index (χ0) is 18.1. The Morgan fingerprint density at radius 2 is 2.08 bits per heavy atom. The van der Waals surface area contributed by atoms with Crippen LogP contribution in [0.25, 0.3) is 0 Å². The van der Waals surface area contributed by atoms with Crippen LogP contribution in [0, 0.1) is 0 Å². The van der Waals surface area contributed by atoms with E-state index in [1.54, 1.807) is 0 Å². The lowest BCUT2D eigenvalue weighted by Crippen LogP contribution is -2.18. The first-order valence-electron chi connectivity index (χ1n) is 6.71. The largest absolute Gasteiger partial charge is 0.492 e. The topological polar surface area (TPSA) is 112 Å². The molecule has 0 radical (unpaired) electrons. The predicted molar refractivity (Wildman–Crippen MR) is 80.0 cm³/mol. The molecule has 2 heterocycles. The van der Waals surface area contributed by atoms with E-state index >= 15 is 0 Å². The summed E-state index contributed by atoms with van der Waals surface area (Å²) in [5.41, 5.74) is 4.45. The second-order valence-electron chi connectivity index (χ2n) is 4.99. The van der Waals surface area contributed by atoms with Crippen LogP contribution in [0.15, 0.2) is 18.3 Å². The van der Waals surface area contributed by atoms with Crippen molar-refractivity contribution < 1.29 is 23.1 Å². The van der Waals surface area contributed by atoms with E-state index in [4.69, 9.17) is 10.5 Å². The van der Waals surface area contributed by atoms with E-state index in [0.717, 1.165) is 4.68 Å². The molecule has 10 heteroatoms. The molecule has 2 aromatic rings. The van der Waals surface area contributed by atoms with E-state index in [1.807, 2.05) is 0 Å². The number of methoxy groups -OCH3 is 1. The lowest BCUT2D eigenvalue weighted by molar-refractivity contribution is 0.00992. The number of carbonyl (C=O) groups is 2. The normalized spacial score (nSPS) is 11.2. The van der Waals surface area contributed by atoms with Gasteiger partial charge in [-0.25, -0.2) is 0 Å². The van der Waals surface area contributed by atoms with Gasteiger partial charge in [0.15, 0.2) is 17.1 Å². The van der Waals surface area contributed by atoms with Crippen molar-refractivity contribution in [2.24, 2.45) is 12.8 Å². The number of ether oxygens (including phenoxy) is 1. The maximum atomic E-state index is 13.6. The van der Waals surface area contributed by atoms with Crippen LogP contribution in [0.1, 0.15) is 33.6 Å². The third-order valence-corrected chi connectivity index (χ3v) is 3.11. The summed E-state index contributed by atoms with van der Waals surface area (Å²) < 4.78 is 33.1. The molecule has 0 bridgehead atoms. The number of nitrogens with zero attached hydrogens (tertiary/aromatic N) is 3. The quantitative estimate of drug-likeness (QED) is 0.852. The first-order chi connectivity index (χ1) is 11.1. The number of primary amides is 1. The lowest BCUT2D eigenvalue weighted by atomic mass is 10.2. The van der Waals surface area contributed by atoms with Gasteiger partial charge in [0.05, 0.1) is 7.11 Å². The number of amides is 2. The van der Waals surface area contributed by atoms with Gasteiger partial charge in [-0.1, -0.05) is 0 Å². The van der Waals surface area contributed by atoms with Crippen LogP contribution >= 0.6 is 0 Å². The maximum Gasteiger partial charge on any atom is 0.292 e. The molecule has 2 amide bonds. The Hall–Kier alpha value is -3.04. The van der Waals surface area contributed by atoms with Crippen molar-refractivity contribution in [1.82, 2.24) is 14.8 Å². The molecule has 0 saturated carbocycles. The molecule has 2 rings (SSSR count). The summed E-state index contributed by atoms with van der Waals surface area (Å²) in [5, 5.41) is 6.12. The standard InChI is InChI=1S/C14H15F2N5O3/c1-14(15,16)11-10(24-3)9(21(2)20-11)13(23)19-7-4-5-18-8(6-7)12(17)22/h4-6H,1-3H3,(H2,17,22)(H,18,19,23). The number of aryl methyl sites for hydroxylation is 1. The molecule has 0 aliphatic carbocycles. The van der Waals surface area contributed by atoms with Crippen LogP contribution in [0.4, 0.5) is 14.5 Å². The Balaban J connectivity index is 2.39. The average Bonchev–Trinajstić information content (AvgIpc) is 2.84. The first-order valence-corrected chi connectivity index (χ1v) is 6.71. The van der Waals surface area contributed by atoms with Crippen molar-refractivity contribution >= 4 is 17.5 Å². The summed E-state index contributed by atoms with van der Waals surface area (Å²) in [5.74, 6) is -5.11. The molecule has 0 aliphatic rings. The van der Waals surface area contributed by atoms with Crippen LogP contribution < -0.4 is 15.8 Å². The second-order valence-corrected chi connectivity index (χ2v) is 4.99. The van der Waals surface area contributed by atoms with Gasteiger partial charge in [-0.2, -0.15) is 13.9 Å². The summed E-state index contributed by atoms with van der Waals surface area (Å²) in [4.78, 5) is 27.2. The highest BCUT2D eigenvalue weighted by molar-refractivity contribution is 6.05. The van der Waals surface area contributed by atoms with Crippen LogP contribution in [0.5, 0.6) is 5.75 Å². The fourth-order valence-electron chi connectivity index (χ4n) is 2.07. The molecule has 8 nitrogen and oxygen atoms in total. The zero-order valence-electron chi connectivity index (χ0n) is 13.1. The molecule has 0 unspecified atom stereocenters. The van der Waals surface area contributed by atoms with Crippen LogP contribution in [-0.2, 0) is 13.0 Å². The lowest BCUT2D eigenvalue weighted by Gasteiger charge is -2.10. The van der Waals surface area contributed by atoms with Crippen molar-refractivity contribution in [2.45, 2.75) is 12.8 Å². The number of rotatable bonds is 5. The van der Waals surface area contributed by atoms with Gasteiger partial charge >= 0.3 is 0 Å². The third-order valence-electron chi connectivity index (χ3n) is 3.11. The zero-order valence-corrected chi connectivity index (χ0v) is 13.1. The molecule has 0 atom stereocenters. The molecule has 0 fully saturated rings. The number of aromatic nitrogens is 3. The van der Waals surface area contributed by atoms with Crippen LogP contribution in [0.3, 0.4) is 0 Å². The van der Waals surface area contributed by atoms with Crippen molar-refractivity contribution in [3.8, 4) is 5.75 Å². The molecule has 0 aliphatic heterocycles. The second kappa shape index (κ2) is 6.22. The molecular formula is C14H15F2N5O3.